The number of esters is 1. The van der Waals surface area contributed by atoms with Crippen LogP contribution in [0.15, 0.2) is 20.3 Å². The zero-order chi connectivity index (χ0) is 11.4. The quantitative estimate of drug-likeness (QED) is 0.711. The summed E-state index contributed by atoms with van der Waals surface area (Å²) < 4.78 is 6.95. The van der Waals surface area contributed by atoms with E-state index in [1.807, 2.05) is 6.92 Å². The number of hydrogen-bond acceptors (Lipinski definition) is 2. The molecule has 0 saturated carbocycles. The summed E-state index contributed by atoms with van der Waals surface area (Å²) in [5.74, 6) is 0.435. The van der Waals surface area contributed by atoms with Crippen LogP contribution in [0.4, 0.5) is 0 Å². The van der Waals surface area contributed by atoms with Crippen LogP contribution in [0.2, 0.25) is 0 Å². The van der Waals surface area contributed by atoms with Crippen LogP contribution in [0.1, 0.15) is 39.5 Å². The topological polar surface area (TPSA) is 26.3 Å². The number of hydrogen-bond donors (Lipinski definition) is 0. The molecule has 15 heavy (non-hydrogen) atoms. The highest BCUT2D eigenvalue weighted by atomic mass is 79.9. The van der Waals surface area contributed by atoms with E-state index in [1.54, 1.807) is 0 Å². The van der Waals surface area contributed by atoms with Crippen LogP contribution >= 0.6 is 31.9 Å². The van der Waals surface area contributed by atoms with E-state index >= 15 is 0 Å². The lowest BCUT2D eigenvalue weighted by Gasteiger charge is -2.00. The maximum atomic E-state index is 11.6. The number of carbonyl (C=O) groups is 1. The molecule has 0 aromatic rings. The van der Waals surface area contributed by atoms with Gasteiger partial charge in [-0.25, -0.2) is 4.79 Å². The van der Waals surface area contributed by atoms with Crippen molar-refractivity contribution in [2.75, 3.05) is 0 Å². The average Bonchev–Trinajstić information content (AvgIpc) is 2.51. The third kappa shape index (κ3) is 2.94. The largest absolute Gasteiger partial charge is 0.421 e. The molecule has 0 N–H and O–H groups in total. The molecule has 84 valence electrons. The minimum atomic E-state index is -0.212. The molecule has 4 heteroatoms. The molecule has 0 fully saturated rings. The van der Waals surface area contributed by atoms with Crippen LogP contribution < -0.4 is 0 Å². The van der Waals surface area contributed by atoms with Crippen molar-refractivity contribution in [3.05, 3.63) is 20.3 Å². The van der Waals surface area contributed by atoms with Crippen molar-refractivity contribution >= 4 is 37.8 Å². The van der Waals surface area contributed by atoms with Gasteiger partial charge in [-0.2, -0.15) is 0 Å². The lowest BCUT2D eigenvalue weighted by Crippen LogP contribution is -1.99. The van der Waals surface area contributed by atoms with Crippen LogP contribution in [0.5, 0.6) is 0 Å². The highest BCUT2D eigenvalue weighted by Gasteiger charge is 2.29. The first-order chi connectivity index (χ1) is 7.11. The second kappa shape index (κ2) is 5.85. The van der Waals surface area contributed by atoms with E-state index in [9.17, 15) is 4.79 Å². The normalized spacial score (nSPS) is 19.6. The molecule has 0 spiro atoms. The lowest BCUT2D eigenvalue weighted by molar-refractivity contribution is -0.133. The number of cyclic esters (lactones) is 1. The van der Waals surface area contributed by atoms with Gasteiger partial charge in [-0.05, 0) is 35.2 Å². The molecule has 1 aliphatic rings. The van der Waals surface area contributed by atoms with Gasteiger partial charge in [0.1, 0.15) is 0 Å². The third-order valence-electron chi connectivity index (χ3n) is 2.24. The van der Waals surface area contributed by atoms with Gasteiger partial charge in [-0.3, -0.25) is 0 Å². The Bertz CT molecular complexity index is 329. The van der Waals surface area contributed by atoms with Gasteiger partial charge in [0.05, 0.1) is 10.1 Å². The van der Waals surface area contributed by atoms with Gasteiger partial charge in [0.15, 0.2) is 5.76 Å². The van der Waals surface area contributed by atoms with E-state index in [0.717, 1.165) is 40.2 Å². The zero-order valence-corrected chi connectivity index (χ0v) is 12.1. The molecule has 0 aromatic heterocycles. The zero-order valence-electron chi connectivity index (χ0n) is 8.90. The highest BCUT2D eigenvalue weighted by molar-refractivity contribution is 9.12. The van der Waals surface area contributed by atoms with E-state index < -0.39 is 0 Å². The summed E-state index contributed by atoms with van der Waals surface area (Å²) in [6.45, 7) is 4.11. The van der Waals surface area contributed by atoms with Crippen molar-refractivity contribution in [2.24, 2.45) is 0 Å². The molecule has 1 heterocycles. The fourth-order valence-corrected chi connectivity index (χ4v) is 2.55. The number of ether oxygens (including phenoxy) is 1. The molecule has 0 atom stereocenters. The summed E-state index contributed by atoms with van der Waals surface area (Å²) in [7, 11) is 0. The van der Waals surface area contributed by atoms with Crippen molar-refractivity contribution in [3.63, 3.8) is 0 Å². The Morgan fingerprint density at radius 1 is 1.40 bits per heavy atom. The molecule has 1 rings (SSSR count). The second-order valence-electron chi connectivity index (χ2n) is 3.37. The molecule has 0 aromatic carbocycles. The predicted octanol–water partition coefficient (Wildman–Crippen LogP) is 4.40. The maximum Gasteiger partial charge on any atom is 0.340 e. The van der Waals surface area contributed by atoms with Crippen molar-refractivity contribution in [2.45, 2.75) is 39.5 Å². The minimum Gasteiger partial charge on any atom is -0.421 e. The molecule has 0 unspecified atom stereocenters. The first-order valence-corrected chi connectivity index (χ1v) is 6.70. The van der Waals surface area contributed by atoms with Crippen LogP contribution in [0.3, 0.4) is 0 Å². The van der Waals surface area contributed by atoms with Crippen molar-refractivity contribution in [3.8, 4) is 0 Å². The van der Waals surface area contributed by atoms with Gasteiger partial charge < -0.3 is 4.74 Å². The second-order valence-corrected chi connectivity index (χ2v) is 5.12. The molecule has 0 saturated heterocycles. The van der Waals surface area contributed by atoms with Gasteiger partial charge in [0, 0.05) is 4.48 Å². The molecule has 0 aliphatic carbocycles. The molecule has 0 bridgehead atoms. The Morgan fingerprint density at radius 3 is 2.60 bits per heavy atom. The summed E-state index contributed by atoms with van der Waals surface area (Å²) in [6.07, 6.45) is 3.68. The fraction of sp³-hybridized carbons (Fsp3) is 0.545. The Kier molecular flexibility index (Phi) is 5.06. The Hall–Kier alpha value is -0.0900. The molecular formula is C11H14Br2O2. The predicted molar refractivity (Wildman–Crippen MR) is 67.8 cm³/mol. The van der Waals surface area contributed by atoms with Crippen molar-refractivity contribution < 1.29 is 9.53 Å². The number of unbranched alkanes of at least 4 members (excludes halogenated alkanes) is 1. The van der Waals surface area contributed by atoms with Gasteiger partial charge in [0.25, 0.3) is 0 Å². The average molecular weight is 338 g/mol. The number of allylic oxidation sites excluding steroid dienone is 2. The lowest BCUT2D eigenvalue weighted by atomic mass is 10.1. The van der Waals surface area contributed by atoms with Gasteiger partial charge in [-0.1, -0.05) is 36.2 Å². The Morgan fingerprint density at radius 2 is 2.07 bits per heavy atom. The summed E-state index contributed by atoms with van der Waals surface area (Å²) in [5.41, 5.74) is 0.761. The third-order valence-corrected chi connectivity index (χ3v) is 4.00. The van der Waals surface area contributed by atoms with E-state index in [2.05, 4.69) is 38.8 Å². The van der Waals surface area contributed by atoms with Crippen LogP contribution in [-0.4, -0.2) is 5.97 Å². The van der Waals surface area contributed by atoms with Crippen molar-refractivity contribution in [1.82, 2.24) is 0 Å². The molecular weight excluding hydrogens is 324 g/mol. The number of rotatable bonds is 4. The summed E-state index contributed by atoms with van der Waals surface area (Å²) in [4.78, 5) is 11.6. The smallest absolute Gasteiger partial charge is 0.340 e. The maximum absolute atomic E-state index is 11.6. The summed E-state index contributed by atoms with van der Waals surface area (Å²) in [5, 5.41) is 0. The highest BCUT2D eigenvalue weighted by Crippen LogP contribution is 2.37. The van der Waals surface area contributed by atoms with Crippen LogP contribution in [-0.2, 0) is 9.53 Å². The van der Waals surface area contributed by atoms with Gasteiger partial charge >= 0.3 is 5.97 Å². The van der Waals surface area contributed by atoms with Gasteiger partial charge in [0.2, 0.25) is 0 Å². The first kappa shape index (κ1) is 13.0. The number of carbonyl (C=O) groups excluding carboxylic acids is 1. The minimum absolute atomic E-state index is 0.212. The van der Waals surface area contributed by atoms with E-state index in [0.29, 0.717) is 5.76 Å². The monoisotopic (exact) mass is 336 g/mol. The molecule has 2 nitrogen and oxygen atoms in total. The Balaban J connectivity index is 2.93. The van der Waals surface area contributed by atoms with Crippen molar-refractivity contribution in [1.29, 1.82) is 0 Å². The first-order valence-electron chi connectivity index (χ1n) is 5.11. The molecule has 1 aliphatic heterocycles. The van der Waals surface area contributed by atoms with E-state index in [-0.39, 0.29) is 5.97 Å². The van der Waals surface area contributed by atoms with Gasteiger partial charge in [-0.15, -0.1) is 0 Å². The van der Waals surface area contributed by atoms with E-state index in [1.165, 1.54) is 0 Å². The standard InChI is InChI=1S/C11H14Br2O2/c1-3-5-6-7-9(13)10(8(12)4-2)15-11(7)14/h3-6H2,1-2H3/b10-8-. The fourth-order valence-electron chi connectivity index (χ4n) is 1.33. The number of halogens is 2. The van der Waals surface area contributed by atoms with Crippen LogP contribution in [0.25, 0.3) is 0 Å². The Labute approximate surface area is 107 Å². The molecule has 0 radical (unpaired) electrons. The SMILES string of the molecule is CCCCC1=C(Br)/C(=C(/Br)CC)OC1=O. The molecule has 0 amide bonds. The van der Waals surface area contributed by atoms with Crippen LogP contribution in [0, 0.1) is 0 Å². The summed E-state index contributed by atoms with van der Waals surface area (Å²) >= 11 is 6.83. The summed E-state index contributed by atoms with van der Waals surface area (Å²) in [6, 6.07) is 0. The van der Waals surface area contributed by atoms with E-state index in [4.69, 9.17) is 4.74 Å².